The number of nitrogens with two attached hydrogens (primary N) is 1. The summed E-state index contributed by atoms with van der Waals surface area (Å²) in [6.07, 6.45) is 3.32. The van der Waals surface area contributed by atoms with Crippen LogP contribution in [0.2, 0.25) is 5.02 Å². The van der Waals surface area contributed by atoms with Gasteiger partial charge in [-0.25, -0.2) is 0 Å². The second kappa shape index (κ2) is 9.40. The Morgan fingerprint density at radius 2 is 2.00 bits per heavy atom. The average Bonchev–Trinajstić information content (AvgIpc) is 3.27. The van der Waals surface area contributed by atoms with Gasteiger partial charge in [0.1, 0.15) is 36.0 Å². The van der Waals surface area contributed by atoms with Crippen molar-refractivity contribution in [1.82, 2.24) is 9.88 Å². The highest BCUT2D eigenvalue weighted by Crippen LogP contribution is 2.34. The van der Waals surface area contributed by atoms with E-state index in [-0.39, 0.29) is 6.61 Å². The molecule has 0 aliphatic carbocycles. The molecule has 3 aromatic rings. The minimum absolute atomic E-state index is 0.108. The summed E-state index contributed by atoms with van der Waals surface area (Å²) in [4.78, 5) is 6.59. The van der Waals surface area contributed by atoms with Gasteiger partial charge < -0.3 is 25.2 Å². The molecule has 1 aliphatic heterocycles. The Bertz CT molecular complexity index is 1130. The highest BCUT2D eigenvalue weighted by Gasteiger charge is 2.17. The number of likely N-dealkylation sites (tertiary alicyclic amines) is 1. The normalized spacial score (nSPS) is 15.0. The van der Waals surface area contributed by atoms with Crippen molar-refractivity contribution >= 4 is 28.2 Å². The number of β-amino-alcohol motifs (C(OH)–C–C–N with tert-alkyl or cyclic N) is 1. The summed E-state index contributed by atoms with van der Waals surface area (Å²) in [5, 5.41) is 21.0. The van der Waals surface area contributed by atoms with E-state index in [1.54, 1.807) is 42.6 Å². The van der Waals surface area contributed by atoms with Gasteiger partial charge >= 0.3 is 0 Å². The lowest BCUT2D eigenvalue weighted by Gasteiger charge is -2.20. The molecule has 0 amide bonds. The van der Waals surface area contributed by atoms with Crippen LogP contribution in [0.1, 0.15) is 18.4 Å². The summed E-state index contributed by atoms with van der Waals surface area (Å²) in [5.74, 6) is 1.44. The van der Waals surface area contributed by atoms with E-state index in [0.717, 1.165) is 25.9 Å². The first-order valence-electron chi connectivity index (χ1n) is 10.1. The lowest BCUT2D eigenvalue weighted by Crippen LogP contribution is -2.33. The van der Waals surface area contributed by atoms with E-state index in [4.69, 9.17) is 26.8 Å². The smallest absolute Gasteiger partial charge is 0.139 e. The summed E-state index contributed by atoms with van der Waals surface area (Å²) >= 11 is 5.97. The molecular formula is C23H23ClN4O3. The highest BCUT2D eigenvalue weighted by molar-refractivity contribution is 6.33. The zero-order valence-electron chi connectivity index (χ0n) is 16.9. The fourth-order valence-electron chi connectivity index (χ4n) is 3.66. The predicted octanol–water partition coefficient (Wildman–Crippen LogP) is 3.97. The number of aromatic nitrogens is 1. The Balaban J connectivity index is 1.54. The van der Waals surface area contributed by atoms with Gasteiger partial charge in [0, 0.05) is 30.3 Å². The number of hydrogen-bond donors (Lipinski definition) is 2. The number of rotatable bonds is 7. The van der Waals surface area contributed by atoms with Gasteiger partial charge in [0.15, 0.2) is 0 Å². The Morgan fingerprint density at radius 1 is 1.19 bits per heavy atom. The first kappa shape index (κ1) is 21.2. The summed E-state index contributed by atoms with van der Waals surface area (Å²) in [5.41, 5.74) is 7.22. The van der Waals surface area contributed by atoms with Crippen molar-refractivity contribution in [3.63, 3.8) is 0 Å². The van der Waals surface area contributed by atoms with E-state index >= 15 is 0 Å². The second-order valence-corrected chi connectivity index (χ2v) is 7.95. The molecule has 3 N–H and O–H groups in total. The standard InChI is InChI=1S/C23H23ClN4O3/c24-19-4-3-17(10-20(19)26)31-22-5-6-27-21-11-23(15(12-25)9-18(21)22)30-14-16(29)13-28-7-1-2-8-28/h3-6,9-11,16,29H,1-2,7-8,13-14,26H2/t16-/m1/s1. The molecule has 2 aromatic carbocycles. The van der Waals surface area contributed by atoms with Crippen molar-refractivity contribution in [3.8, 4) is 23.3 Å². The first-order chi connectivity index (χ1) is 15.0. The quantitative estimate of drug-likeness (QED) is 0.537. The number of ether oxygens (including phenoxy) is 2. The third-order valence-electron chi connectivity index (χ3n) is 5.22. The van der Waals surface area contributed by atoms with E-state index in [9.17, 15) is 10.4 Å². The second-order valence-electron chi connectivity index (χ2n) is 7.54. The molecule has 2 heterocycles. The Morgan fingerprint density at radius 3 is 2.74 bits per heavy atom. The molecule has 0 bridgehead atoms. The molecule has 1 fully saturated rings. The summed E-state index contributed by atoms with van der Waals surface area (Å²) < 4.78 is 11.7. The number of anilines is 1. The Kier molecular flexibility index (Phi) is 6.42. The monoisotopic (exact) mass is 438 g/mol. The third-order valence-corrected chi connectivity index (χ3v) is 5.56. The van der Waals surface area contributed by atoms with Crippen LogP contribution < -0.4 is 15.2 Å². The maximum Gasteiger partial charge on any atom is 0.139 e. The SMILES string of the molecule is N#Cc1cc2c(Oc3ccc(Cl)c(N)c3)ccnc2cc1OC[C@H](O)CN1CCCC1. The lowest BCUT2D eigenvalue weighted by atomic mass is 10.1. The summed E-state index contributed by atoms with van der Waals surface area (Å²) in [7, 11) is 0. The van der Waals surface area contributed by atoms with E-state index in [0.29, 0.717) is 51.0 Å². The number of aliphatic hydroxyl groups excluding tert-OH is 1. The molecule has 31 heavy (non-hydrogen) atoms. The minimum atomic E-state index is -0.627. The average molecular weight is 439 g/mol. The number of benzene rings is 2. The van der Waals surface area contributed by atoms with Crippen LogP contribution in [0, 0.1) is 11.3 Å². The van der Waals surface area contributed by atoms with Crippen molar-refractivity contribution in [1.29, 1.82) is 5.26 Å². The molecule has 0 unspecified atom stereocenters. The number of pyridine rings is 1. The van der Waals surface area contributed by atoms with Crippen molar-refractivity contribution in [2.75, 3.05) is 32.0 Å². The van der Waals surface area contributed by atoms with Crippen LogP contribution >= 0.6 is 11.6 Å². The predicted molar refractivity (Wildman–Crippen MR) is 120 cm³/mol. The van der Waals surface area contributed by atoms with Gasteiger partial charge in [-0.05, 0) is 50.2 Å². The van der Waals surface area contributed by atoms with Gasteiger partial charge in [-0.15, -0.1) is 0 Å². The molecule has 7 nitrogen and oxygen atoms in total. The zero-order chi connectivity index (χ0) is 21.8. The summed E-state index contributed by atoms with van der Waals surface area (Å²) in [6, 6.07) is 12.3. The van der Waals surface area contributed by atoms with E-state index in [1.165, 1.54) is 0 Å². The van der Waals surface area contributed by atoms with Gasteiger partial charge in [-0.1, -0.05) is 11.6 Å². The molecule has 1 saturated heterocycles. The van der Waals surface area contributed by atoms with Crippen molar-refractivity contribution < 1.29 is 14.6 Å². The van der Waals surface area contributed by atoms with E-state index < -0.39 is 6.10 Å². The maximum absolute atomic E-state index is 10.3. The lowest BCUT2D eigenvalue weighted by molar-refractivity contribution is 0.0758. The van der Waals surface area contributed by atoms with Crippen LogP contribution in [0.5, 0.6) is 17.2 Å². The fraction of sp³-hybridized carbons (Fsp3) is 0.304. The summed E-state index contributed by atoms with van der Waals surface area (Å²) in [6.45, 7) is 2.68. The van der Waals surface area contributed by atoms with Crippen LogP contribution in [-0.4, -0.2) is 47.3 Å². The van der Waals surface area contributed by atoms with Gasteiger partial charge in [0.05, 0.1) is 21.8 Å². The topological polar surface area (TPSA) is 105 Å². The zero-order valence-corrected chi connectivity index (χ0v) is 17.7. The molecule has 4 rings (SSSR count). The maximum atomic E-state index is 10.3. The van der Waals surface area contributed by atoms with Gasteiger partial charge in [-0.3, -0.25) is 4.98 Å². The van der Waals surface area contributed by atoms with Crippen LogP contribution in [-0.2, 0) is 0 Å². The molecule has 1 aromatic heterocycles. The molecule has 8 heteroatoms. The van der Waals surface area contributed by atoms with Crippen LogP contribution in [0.4, 0.5) is 5.69 Å². The number of aliphatic hydroxyl groups is 1. The molecule has 0 saturated carbocycles. The molecule has 0 radical (unpaired) electrons. The van der Waals surface area contributed by atoms with Gasteiger partial charge in [0.25, 0.3) is 0 Å². The number of hydrogen-bond acceptors (Lipinski definition) is 7. The van der Waals surface area contributed by atoms with Crippen molar-refractivity contribution in [2.45, 2.75) is 18.9 Å². The molecule has 160 valence electrons. The molecule has 1 aliphatic rings. The Hall–Kier alpha value is -3.05. The number of nitrogen functional groups attached to an aromatic ring is 1. The molecule has 0 spiro atoms. The third kappa shape index (κ3) is 5.00. The number of nitrogens with zero attached hydrogens (tertiary/aromatic N) is 3. The first-order valence-corrected chi connectivity index (χ1v) is 10.5. The van der Waals surface area contributed by atoms with Crippen molar-refractivity contribution in [2.24, 2.45) is 0 Å². The van der Waals surface area contributed by atoms with Crippen LogP contribution in [0.15, 0.2) is 42.6 Å². The van der Waals surface area contributed by atoms with Gasteiger partial charge in [0.2, 0.25) is 0 Å². The largest absolute Gasteiger partial charge is 0.489 e. The number of fused-ring (bicyclic) bond motifs is 1. The van der Waals surface area contributed by atoms with E-state index in [1.807, 2.05) is 0 Å². The number of halogens is 1. The molecular weight excluding hydrogens is 416 g/mol. The molecule has 1 atom stereocenters. The fourth-order valence-corrected chi connectivity index (χ4v) is 3.78. The van der Waals surface area contributed by atoms with E-state index in [2.05, 4.69) is 16.0 Å². The van der Waals surface area contributed by atoms with Crippen LogP contribution in [0.25, 0.3) is 10.9 Å². The van der Waals surface area contributed by atoms with Crippen LogP contribution in [0.3, 0.4) is 0 Å². The number of nitriles is 1. The Labute approximate surface area is 185 Å². The minimum Gasteiger partial charge on any atom is -0.489 e. The van der Waals surface area contributed by atoms with Gasteiger partial charge in [-0.2, -0.15) is 5.26 Å². The highest BCUT2D eigenvalue weighted by atomic mass is 35.5. The van der Waals surface area contributed by atoms with Crippen molar-refractivity contribution in [3.05, 3.63) is 53.2 Å².